The van der Waals surface area contributed by atoms with Gasteiger partial charge in [0.15, 0.2) is 0 Å². The molecule has 0 N–H and O–H groups in total. The van der Waals surface area contributed by atoms with Crippen molar-refractivity contribution in [3.05, 3.63) is 0 Å². The van der Waals surface area contributed by atoms with Gasteiger partial charge in [-0.25, -0.2) is 16.8 Å². The Bertz CT molecular complexity index is 560. The van der Waals surface area contributed by atoms with Gasteiger partial charge in [-0.3, -0.25) is 0 Å². The normalized spacial score (nSPS) is 11.2. The molecule has 0 aliphatic heterocycles. The molecule has 0 aliphatic carbocycles. The molecular formula is C26H54Na2O6S2. The summed E-state index contributed by atoms with van der Waals surface area (Å²) < 4.78 is 62.0. The molecule has 0 saturated heterocycles. The van der Waals surface area contributed by atoms with Crippen LogP contribution in [-0.4, -0.2) is 37.4 Å². The standard InChI is InChI=1S/2C13H28O3S.2Na/c2*1-2-3-4-5-6-7-8-9-10-11-12-13-17(14,15)16;;/h2*2-13H2,1H3,(H,14,15,16);;/q;;2*+1/p-2. The van der Waals surface area contributed by atoms with E-state index in [4.69, 9.17) is 0 Å². The minimum Gasteiger partial charge on any atom is -0.748 e. The fourth-order valence-electron chi connectivity index (χ4n) is 3.89. The van der Waals surface area contributed by atoms with Crippen LogP contribution in [0, 0.1) is 0 Å². The van der Waals surface area contributed by atoms with Crippen molar-refractivity contribution in [2.24, 2.45) is 0 Å². The summed E-state index contributed by atoms with van der Waals surface area (Å²) in [7, 11) is -7.97. The maximum absolute atomic E-state index is 10.3. The molecule has 0 unspecified atom stereocenters. The Kier molecular flexibility index (Phi) is 41.1. The fraction of sp³-hybridized carbons (Fsp3) is 1.00. The molecule has 0 bridgehead atoms. The zero-order valence-electron chi connectivity index (χ0n) is 24.2. The molecule has 0 heterocycles. The van der Waals surface area contributed by atoms with Gasteiger partial charge in [0, 0.05) is 11.5 Å². The Balaban J connectivity index is -0.000000269. The Morgan fingerprint density at radius 2 is 0.528 bits per heavy atom. The van der Waals surface area contributed by atoms with Crippen molar-refractivity contribution < 1.29 is 85.1 Å². The monoisotopic (exact) mass is 572 g/mol. The van der Waals surface area contributed by atoms with E-state index in [1.54, 1.807) is 0 Å². The van der Waals surface area contributed by atoms with Crippen LogP contribution in [0.25, 0.3) is 0 Å². The van der Waals surface area contributed by atoms with Crippen LogP contribution in [0.5, 0.6) is 0 Å². The van der Waals surface area contributed by atoms with Gasteiger partial charge in [0.1, 0.15) is 0 Å². The molecule has 36 heavy (non-hydrogen) atoms. The molecule has 0 spiro atoms. The molecule has 0 rings (SSSR count). The van der Waals surface area contributed by atoms with Gasteiger partial charge in [-0.05, 0) is 12.8 Å². The van der Waals surface area contributed by atoms with Crippen LogP contribution in [0.15, 0.2) is 0 Å². The van der Waals surface area contributed by atoms with Gasteiger partial charge in [0.25, 0.3) is 0 Å². The van der Waals surface area contributed by atoms with Gasteiger partial charge in [0.05, 0.1) is 20.2 Å². The van der Waals surface area contributed by atoms with Gasteiger partial charge in [-0.2, -0.15) is 0 Å². The van der Waals surface area contributed by atoms with Crippen molar-refractivity contribution in [1.82, 2.24) is 0 Å². The van der Waals surface area contributed by atoms with E-state index in [0.29, 0.717) is 12.8 Å². The Morgan fingerprint density at radius 1 is 0.361 bits per heavy atom. The number of rotatable bonds is 24. The first kappa shape index (κ1) is 44.8. The molecule has 0 radical (unpaired) electrons. The van der Waals surface area contributed by atoms with Crippen molar-refractivity contribution in [2.75, 3.05) is 11.5 Å². The molecule has 10 heteroatoms. The number of hydrogen-bond acceptors (Lipinski definition) is 6. The van der Waals surface area contributed by atoms with Crippen molar-refractivity contribution in [3.8, 4) is 0 Å². The van der Waals surface area contributed by atoms with E-state index < -0.39 is 20.2 Å². The van der Waals surface area contributed by atoms with Crippen LogP contribution in [0.2, 0.25) is 0 Å². The van der Waals surface area contributed by atoms with Crippen LogP contribution >= 0.6 is 0 Å². The molecule has 0 aromatic rings. The second-order valence-corrected chi connectivity index (χ2v) is 12.6. The van der Waals surface area contributed by atoms with Gasteiger partial charge in [-0.15, -0.1) is 0 Å². The van der Waals surface area contributed by atoms with Crippen LogP contribution < -0.4 is 59.1 Å². The maximum Gasteiger partial charge on any atom is 1.00 e. The van der Waals surface area contributed by atoms with Crippen LogP contribution in [-0.2, 0) is 20.2 Å². The zero-order valence-corrected chi connectivity index (χ0v) is 29.9. The Hall–Kier alpha value is 1.82. The molecule has 208 valence electrons. The summed E-state index contributed by atoms with van der Waals surface area (Å²) in [5.74, 6) is -0.381. The van der Waals surface area contributed by atoms with Gasteiger partial charge >= 0.3 is 59.1 Å². The summed E-state index contributed by atoms with van der Waals surface area (Å²) in [4.78, 5) is 0. The van der Waals surface area contributed by atoms with E-state index in [2.05, 4.69) is 13.8 Å². The second kappa shape index (κ2) is 33.0. The average Bonchev–Trinajstić information content (AvgIpc) is 2.75. The van der Waals surface area contributed by atoms with E-state index >= 15 is 0 Å². The Morgan fingerprint density at radius 3 is 0.694 bits per heavy atom. The maximum atomic E-state index is 10.3. The van der Waals surface area contributed by atoms with E-state index in [0.717, 1.165) is 25.7 Å². The molecule has 0 aliphatic rings. The summed E-state index contributed by atoms with van der Waals surface area (Å²) in [6, 6.07) is 0. The molecule has 0 aromatic carbocycles. The van der Waals surface area contributed by atoms with Crippen molar-refractivity contribution >= 4 is 20.2 Å². The summed E-state index contributed by atoms with van der Waals surface area (Å²) >= 11 is 0. The van der Waals surface area contributed by atoms with Crippen LogP contribution in [0.1, 0.15) is 155 Å². The first-order chi connectivity index (χ1) is 16.1. The quantitative estimate of drug-likeness (QED) is 0.0988. The SMILES string of the molecule is CCCCCCCCCCCCCS(=O)(=O)[O-].CCCCCCCCCCCCCS(=O)(=O)[O-].[Na+].[Na+]. The third kappa shape index (κ3) is 48.8. The van der Waals surface area contributed by atoms with E-state index in [-0.39, 0.29) is 70.6 Å². The summed E-state index contributed by atoms with van der Waals surface area (Å²) in [6.45, 7) is 4.45. The van der Waals surface area contributed by atoms with Crippen molar-refractivity contribution in [3.63, 3.8) is 0 Å². The predicted octanol–water partition coefficient (Wildman–Crippen LogP) is 1.69. The average molecular weight is 573 g/mol. The van der Waals surface area contributed by atoms with Crippen LogP contribution in [0.3, 0.4) is 0 Å². The zero-order chi connectivity index (χ0) is 26.0. The molecule has 0 saturated carbocycles. The topological polar surface area (TPSA) is 114 Å². The first-order valence-corrected chi connectivity index (χ1v) is 17.1. The molecule has 6 nitrogen and oxygen atoms in total. The molecular weight excluding hydrogens is 518 g/mol. The molecule has 0 fully saturated rings. The summed E-state index contributed by atoms with van der Waals surface area (Å²) in [5.41, 5.74) is 0. The minimum atomic E-state index is -3.98. The largest absolute Gasteiger partial charge is 1.00 e. The van der Waals surface area contributed by atoms with Gasteiger partial charge in [0.2, 0.25) is 0 Å². The second-order valence-electron chi connectivity index (χ2n) is 9.59. The number of unbranched alkanes of at least 4 members (excludes halogenated alkanes) is 20. The third-order valence-electron chi connectivity index (χ3n) is 6.00. The molecule has 0 atom stereocenters. The van der Waals surface area contributed by atoms with E-state index in [1.807, 2.05) is 0 Å². The molecule has 0 amide bonds. The molecule has 0 aromatic heterocycles. The Labute approximate surface area is 269 Å². The van der Waals surface area contributed by atoms with Crippen LogP contribution in [0.4, 0.5) is 0 Å². The van der Waals surface area contributed by atoms with Gasteiger partial charge in [-0.1, -0.05) is 142 Å². The predicted molar refractivity (Wildman–Crippen MR) is 142 cm³/mol. The summed E-state index contributed by atoms with van der Waals surface area (Å²) in [6.07, 6.45) is 25.7. The van der Waals surface area contributed by atoms with E-state index in [9.17, 15) is 25.9 Å². The fourth-order valence-corrected chi connectivity index (χ4v) is 5.00. The smallest absolute Gasteiger partial charge is 0.748 e. The number of hydrogen-bond donors (Lipinski definition) is 0. The van der Waals surface area contributed by atoms with Crippen molar-refractivity contribution in [1.29, 1.82) is 0 Å². The van der Waals surface area contributed by atoms with Gasteiger partial charge < -0.3 is 9.11 Å². The minimum absolute atomic E-state index is 0. The first-order valence-electron chi connectivity index (χ1n) is 14.0. The summed E-state index contributed by atoms with van der Waals surface area (Å²) in [5, 5.41) is 0. The van der Waals surface area contributed by atoms with E-state index in [1.165, 1.54) is 103 Å². The van der Waals surface area contributed by atoms with Crippen molar-refractivity contribution in [2.45, 2.75) is 155 Å². The third-order valence-corrected chi connectivity index (χ3v) is 7.57.